The van der Waals surface area contributed by atoms with Crippen molar-refractivity contribution in [2.45, 2.75) is 69.2 Å². The van der Waals surface area contributed by atoms with Gasteiger partial charge in [0.15, 0.2) is 0 Å². The van der Waals surface area contributed by atoms with E-state index < -0.39 is 10.0 Å². The van der Waals surface area contributed by atoms with Crippen LogP contribution in [-0.4, -0.2) is 37.8 Å². The zero-order chi connectivity index (χ0) is 20.2. The molecule has 4 saturated carbocycles. The van der Waals surface area contributed by atoms with E-state index in [1.807, 2.05) is 0 Å². The Morgan fingerprint density at radius 1 is 1.07 bits per heavy atom. The minimum absolute atomic E-state index is 0.127. The summed E-state index contributed by atoms with van der Waals surface area (Å²) in [7, 11) is -3.51. The lowest BCUT2D eigenvalue weighted by Crippen LogP contribution is -2.55. The fraction of sp³-hybridized carbons (Fsp3) is 0.696. The Labute approximate surface area is 174 Å². The number of nitrogens with one attached hydrogen (secondary N) is 1. The minimum Gasteiger partial charge on any atom is -0.349 e. The molecule has 0 unspecified atom stereocenters. The van der Waals surface area contributed by atoms with Crippen LogP contribution in [0.3, 0.4) is 0 Å². The number of sulfonamides is 1. The van der Waals surface area contributed by atoms with E-state index in [1.54, 1.807) is 24.3 Å². The van der Waals surface area contributed by atoms with E-state index in [-0.39, 0.29) is 22.3 Å². The van der Waals surface area contributed by atoms with E-state index >= 15 is 0 Å². The van der Waals surface area contributed by atoms with Crippen LogP contribution in [0, 0.1) is 23.2 Å². The standard InChI is InChI=1S/C23H32N2O3S/c1-16(23-13-17-9-18(14-23)11-19(10-17)15-23)24-22(26)20-5-4-6-21(12-20)29(27,28)25-7-2-3-8-25/h4-6,12,16-19H,2-3,7-11,13-15H2,1H3,(H,24,26)/t16-,17?,18?,19?,23?/m1/s1. The summed E-state index contributed by atoms with van der Waals surface area (Å²) < 4.78 is 27.2. The average molecular weight is 417 g/mol. The SMILES string of the molecule is C[C@@H](NC(=O)c1cccc(S(=O)(=O)N2CCCC2)c1)C12CC3CC(CC(C3)C1)C2. The minimum atomic E-state index is -3.51. The second-order valence-corrected chi connectivity index (χ2v) is 12.1. The summed E-state index contributed by atoms with van der Waals surface area (Å²) in [6.45, 7) is 3.31. The lowest BCUT2D eigenvalue weighted by atomic mass is 9.48. The van der Waals surface area contributed by atoms with Crippen LogP contribution in [0.1, 0.15) is 68.6 Å². The van der Waals surface area contributed by atoms with Gasteiger partial charge in [0.25, 0.3) is 5.91 Å². The molecule has 0 aromatic heterocycles. The lowest BCUT2D eigenvalue weighted by Gasteiger charge is -2.59. The third kappa shape index (κ3) is 3.42. The molecule has 0 spiro atoms. The number of carbonyl (C=O) groups excluding carboxylic acids is 1. The molecule has 5 fully saturated rings. The van der Waals surface area contributed by atoms with E-state index in [1.165, 1.54) is 42.8 Å². The average Bonchev–Trinajstić information content (AvgIpc) is 3.23. The van der Waals surface area contributed by atoms with Crippen LogP contribution in [0.25, 0.3) is 0 Å². The molecule has 4 bridgehead atoms. The zero-order valence-electron chi connectivity index (χ0n) is 17.3. The van der Waals surface area contributed by atoms with Crippen LogP contribution in [-0.2, 0) is 10.0 Å². The molecule has 1 aromatic rings. The molecule has 1 saturated heterocycles. The van der Waals surface area contributed by atoms with Gasteiger partial charge in [0.05, 0.1) is 4.90 Å². The van der Waals surface area contributed by atoms with Gasteiger partial charge in [0, 0.05) is 24.7 Å². The Balaban J connectivity index is 1.32. The highest BCUT2D eigenvalue weighted by atomic mass is 32.2. The van der Waals surface area contributed by atoms with Crippen molar-refractivity contribution in [3.05, 3.63) is 29.8 Å². The second kappa shape index (κ2) is 7.09. The Hall–Kier alpha value is -1.40. The summed E-state index contributed by atoms with van der Waals surface area (Å²) in [6.07, 6.45) is 9.68. The molecule has 6 heteroatoms. The molecule has 1 atom stereocenters. The largest absolute Gasteiger partial charge is 0.349 e. The molecule has 5 aliphatic rings. The Morgan fingerprint density at radius 3 is 2.24 bits per heavy atom. The van der Waals surface area contributed by atoms with Crippen molar-refractivity contribution in [3.8, 4) is 0 Å². The maximum atomic E-state index is 13.0. The highest BCUT2D eigenvalue weighted by Gasteiger charge is 2.53. The van der Waals surface area contributed by atoms with Crippen LogP contribution in [0.5, 0.6) is 0 Å². The van der Waals surface area contributed by atoms with Crippen molar-refractivity contribution in [3.63, 3.8) is 0 Å². The van der Waals surface area contributed by atoms with Crippen LogP contribution in [0.15, 0.2) is 29.2 Å². The zero-order valence-corrected chi connectivity index (χ0v) is 18.1. The maximum absolute atomic E-state index is 13.0. The number of carbonyl (C=O) groups is 1. The van der Waals surface area contributed by atoms with E-state index in [4.69, 9.17) is 0 Å². The normalized spacial score (nSPS) is 35.0. The predicted molar refractivity (Wildman–Crippen MR) is 112 cm³/mol. The highest BCUT2D eigenvalue weighted by molar-refractivity contribution is 7.89. The van der Waals surface area contributed by atoms with Crippen molar-refractivity contribution in [2.75, 3.05) is 13.1 Å². The number of hydrogen-bond acceptors (Lipinski definition) is 3. The van der Waals surface area contributed by atoms with Gasteiger partial charge in [0.1, 0.15) is 0 Å². The molecule has 4 aliphatic carbocycles. The monoisotopic (exact) mass is 416 g/mol. The molecule has 5 nitrogen and oxygen atoms in total. The van der Waals surface area contributed by atoms with Crippen molar-refractivity contribution in [1.29, 1.82) is 0 Å². The second-order valence-electron chi connectivity index (χ2n) is 10.1. The first-order valence-electron chi connectivity index (χ1n) is 11.3. The third-order valence-corrected chi connectivity index (χ3v) is 10.0. The molecular formula is C23H32N2O3S. The molecular weight excluding hydrogens is 384 g/mol. The van der Waals surface area contributed by atoms with Gasteiger partial charge in [-0.15, -0.1) is 0 Å². The third-order valence-electron chi connectivity index (χ3n) is 8.15. The maximum Gasteiger partial charge on any atom is 0.251 e. The van der Waals surface area contributed by atoms with Gasteiger partial charge in [0.2, 0.25) is 10.0 Å². The highest BCUT2D eigenvalue weighted by Crippen LogP contribution is 2.61. The Morgan fingerprint density at radius 2 is 1.66 bits per heavy atom. The van der Waals surface area contributed by atoms with Crippen LogP contribution >= 0.6 is 0 Å². The smallest absolute Gasteiger partial charge is 0.251 e. The summed E-state index contributed by atoms with van der Waals surface area (Å²) in [6, 6.07) is 6.70. The molecule has 1 amide bonds. The van der Waals surface area contributed by atoms with Gasteiger partial charge in [-0.25, -0.2) is 8.42 Å². The first-order chi connectivity index (χ1) is 13.9. The van der Waals surface area contributed by atoms with Crippen molar-refractivity contribution in [1.82, 2.24) is 9.62 Å². The number of rotatable bonds is 5. The van der Waals surface area contributed by atoms with Crippen LogP contribution in [0.4, 0.5) is 0 Å². The van der Waals surface area contributed by atoms with Crippen LogP contribution < -0.4 is 5.32 Å². The van der Waals surface area contributed by atoms with Gasteiger partial charge in [-0.1, -0.05) is 6.07 Å². The fourth-order valence-electron chi connectivity index (χ4n) is 7.02. The summed E-state index contributed by atoms with van der Waals surface area (Å²) in [5.74, 6) is 2.38. The Bertz CT molecular complexity index is 869. The summed E-state index contributed by atoms with van der Waals surface area (Å²) in [5, 5.41) is 3.25. The number of amides is 1. The topological polar surface area (TPSA) is 66.5 Å². The molecule has 158 valence electrons. The van der Waals surface area contributed by atoms with Crippen molar-refractivity contribution >= 4 is 15.9 Å². The van der Waals surface area contributed by atoms with Gasteiger partial charge in [-0.05, 0) is 99.7 Å². The molecule has 29 heavy (non-hydrogen) atoms. The molecule has 0 radical (unpaired) electrons. The van der Waals surface area contributed by atoms with Crippen molar-refractivity contribution in [2.24, 2.45) is 23.2 Å². The summed E-state index contributed by atoms with van der Waals surface area (Å²) in [4.78, 5) is 13.3. The number of nitrogens with zero attached hydrogens (tertiary/aromatic N) is 1. The van der Waals surface area contributed by atoms with Crippen LogP contribution in [0.2, 0.25) is 0 Å². The molecule has 6 rings (SSSR count). The lowest BCUT2D eigenvalue weighted by molar-refractivity contribution is -0.0688. The molecule has 1 aromatic carbocycles. The first kappa shape index (κ1) is 19.6. The van der Waals surface area contributed by atoms with Gasteiger partial charge >= 0.3 is 0 Å². The van der Waals surface area contributed by atoms with E-state index in [2.05, 4.69) is 12.2 Å². The molecule has 1 heterocycles. The van der Waals surface area contributed by atoms with Gasteiger partial charge in [-0.2, -0.15) is 4.31 Å². The first-order valence-corrected chi connectivity index (χ1v) is 12.7. The van der Waals surface area contributed by atoms with E-state index in [0.29, 0.717) is 18.7 Å². The number of hydrogen-bond donors (Lipinski definition) is 1. The predicted octanol–water partition coefficient (Wildman–Crippen LogP) is 3.81. The molecule has 1 N–H and O–H groups in total. The van der Waals surface area contributed by atoms with Gasteiger partial charge < -0.3 is 5.32 Å². The quantitative estimate of drug-likeness (QED) is 0.794. The number of benzene rings is 1. The van der Waals surface area contributed by atoms with E-state index in [9.17, 15) is 13.2 Å². The fourth-order valence-corrected chi connectivity index (χ4v) is 8.58. The Kier molecular flexibility index (Phi) is 4.78. The molecule has 1 aliphatic heterocycles. The van der Waals surface area contributed by atoms with E-state index in [0.717, 1.165) is 30.6 Å². The summed E-state index contributed by atoms with van der Waals surface area (Å²) in [5.41, 5.74) is 0.686. The van der Waals surface area contributed by atoms with Gasteiger partial charge in [-0.3, -0.25) is 4.79 Å². The van der Waals surface area contributed by atoms with Crippen molar-refractivity contribution < 1.29 is 13.2 Å². The summed E-state index contributed by atoms with van der Waals surface area (Å²) >= 11 is 0.